The van der Waals surface area contributed by atoms with E-state index in [1.165, 1.54) is 5.56 Å². The van der Waals surface area contributed by atoms with Crippen LogP contribution < -0.4 is 5.32 Å². The van der Waals surface area contributed by atoms with Crippen LogP contribution in [0.25, 0.3) is 0 Å². The van der Waals surface area contributed by atoms with Gasteiger partial charge in [0.05, 0.1) is 0 Å². The lowest BCUT2D eigenvalue weighted by molar-refractivity contribution is 0.143. The number of piperazine rings is 1. The molecule has 1 aliphatic rings. The third-order valence-corrected chi connectivity index (χ3v) is 4.57. The van der Waals surface area contributed by atoms with Crippen LogP contribution >= 0.6 is 11.6 Å². The fourth-order valence-corrected chi connectivity index (χ4v) is 3.14. The molecular weight excluding hydrogens is 322 g/mol. The van der Waals surface area contributed by atoms with Crippen LogP contribution in [0.4, 0.5) is 10.5 Å². The maximum atomic E-state index is 12.4. The molecule has 1 fully saturated rings. The zero-order valence-corrected chi connectivity index (χ0v) is 14.6. The fraction of sp³-hybridized carbons (Fsp3) is 0.316. The van der Waals surface area contributed by atoms with Crippen LogP contribution in [0, 0.1) is 6.92 Å². The number of rotatable bonds is 3. The summed E-state index contributed by atoms with van der Waals surface area (Å²) in [4.78, 5) is 16.7. The summed E-state index contributed by atoms with van der Waals surface area (Å²) in [6.07, 6.45) is 0. The van der Waals surface area contributed by atoms with Gasteiger partial charge in [-0.2, -0.15) is 0 Å². The van der Waals surface area contributed by atoms with E-state index in [4.69, 9.17) is 11.6 Å². The molecule has 126 valence electrons. The Morgan fingerprint density at radius 2 is 1.79 bits per heavy atom. The van der Waals surface area contributed by atoms with E-state index < -0.39 is 0 Å². The summed E-state index contributed by atoms with van der Waals surface area (Å²) in [5, 5.41) is 3.66. The second-order valence-corrected chi connectivity index (χ2v) is 6.57. The Labute approximate surface area is 148 Å². The smallest absolute Gasteiger partial charge is 0.321 e. The number of carbonyl (C=O) groups is 1. The van der Waals surface area contributed by atoms with Crippen molar-refractivity contribution < 1.29 is 4.79 Å². The van der Waals surface area contributed by atoms with Crippen LogP contribution in [-0.2, 0) is 6.54 Å². The van der Waals surface area contributed by atoms with E-state index in [0.29, 0.717) is 5.02 Å². The molecule has 2 aromatic carbocycles. The van der Waals surface area contributed by atoms with Gasteiger partial charge in [0.1, 0.15) is 0 Å². The normalized spacial score (nSPS) is 15.3. The lowest BCUT2D eigenvalue weighted by atomic mass is 10.2. The molecular formula is C19H22ClN3O. The molecule has 2 aromatic rings. The van der Waals surface area contributed by atoms with Crippen LogP contribution in [0.5, 0.6) is 0 Å². The monoisotopic (exact) mass is 343 g/mol. The Kier molecular flexibility index (Phi) is 5.38. The molecule has 0 radical (unpaired) electrons. The zero-order valence-electron chi connectivity index (χ0n) is 13.8. The molecule has 4 nitrogen and oxygen atoms in total. The Morgan fingerprint density at radius 3 is 2.46 bits per heavy atom. The maximum Gasteiger partial charge on any atom is 0.321 e. The third-order valence-electron chi connectivity index (χ3n) is 4.34. The van der Waals surface area contributed by atoms with E-state index in [0.717, 1.165) is 44.0 Å². The average molecular weight is 344 g/mol. The van der Waals surface area contributed by atoms with Gasteiger partial charge in [-0.05, 0) is 36.2 Å². The highest BCUT2D eigenvalue weighted by atomic mass is 35.5. The lowest BCUT2D eigenvalue weighted by Gasteiger charge is -2.34. The summed E-state index contributed by atoms with van der Waals surface area (Å²) in [6, 6.07) is 15.9. The largest absolute Gasteiger partial charge is 0.322 e. The molecule has 1 heterocycles. The van der Waals surface area contributed by atoms with Gasteiger partial charge in [-0.15, -0.1) is 0 Å². The Balaban J connectivity index is 1.51. The molecule has 0 aliphatic carbocycles. The molecule has 0 spiro atoms. The Morgan fingerprint density at radius 1 is 1.08 bits per heavy atom. The number of urea groups is 1. The van der Waals surface area contributed by atoms with E-state index in [1.807, 2.05) is 30.0 Å². The van der Waals surface area contributed by atoms with Gasteiger partial charge < -0.3 is 10.2 Å². The van der Waals surface area contributed by atoms with Gasteiger partial charge in [-0.25, -0.2) is 4.79 Å². The number of benzene rings is 2. The summed E-state index contributed by atoms with van der Waals surface area (Å²) < 4.78 is 0. The molecule has 0 bridgehead atoms. The first-order chi connectivity index (χ1) is 11.6. The number of carbonyl (C=O) groups excluding carboxylic acids is 1. The Bertz CT molecular complexity index is 697. The predicted molar refractivity (Wildman–Crippen MR) is 98.5 cm³/mol. The van der Waals surface area contributed by atoms with Gasteiger partial charge in [0.25, 0.3) is 0 Å². The van der Waals surface area contributed by atoms with Crippen molar-refractivity contribution in [3.05, 3.63) is 64.7 Å². The molecule has 1 saturated heterocycles. The highest BCUT2D eigenvalue weighted by Gasteiger charge is 2.21. The molecule has 0 aromatic heterocycles. The van der Waals surface area contributed by atoms with E-state index in [1.54, 1.807) is 6.07 Å². The zero-order chi connectivity index (χ0) is 16.9. The number of halogens is 1. The first kappa shape index (κ1) is 16.8. The van der Waals surface area contributed by atoms with Crippen LogP contribution in [0.15, 0.2) is 48.5 Å². The molecule has 1 N–H and O–H groups in total. The standard InChI is InChI=1S/C19H22ClN3O/c1-15-13-17(20)7-8-18(15)21-19(24)23-11-9-22(10-12-23)14-16-5-3-2-4-6-16/h2-8,13H,9-12,14H2,1H3,(H,21,24). The third kappa shape index (κ3) is 4.28. The number of hydrogen-bond acceptors (Lipinski definition) is 2. The lowest BCUT2D eigenvalue weighted by Crippen LogP contribution is -2.49. The van der Waals surface area contributed by atoms with Crippen molar-refractivity contribution >= 4 is 23.3 Å². The van der Waals surface area contributed by atoms with Gasteiger partial charge >= 0.3 is 6.03 Å². The van der Waals surface area contributed by atoms with Crippen molar-refractivity contribution in [2.24, 2.45) is 0 Å². The molecule has 0 saturated carbocycles. The molecule has 0 unspecified atom stereocenters. The molecule has 1 aliphatic heterocycles. The number of nitrogens with one attached hydrogen (secondary N) is 1. The highest BCUT2D eigenvalue weighted by molar-refractivity contribution is 6.30. The van der Waals surface area contributed by atoms with Crippen LogP contribution in [-0.4, -0.2) is 42.0 Å². The quantitative estimate of drug-likeness (QED) is 0.914. The number of hydrogen-bond donors (Lipinski definition) is 1. The number of aryl methyl sites for hydroxylation is 1. The van der Waals surface area contributed by atoms with Crippen LogP contribution in [0.3, 0.4) is 0 Å². The second-order valence-electron chi connectivity index (χ2n) is 6.14. The SMILES string of the molecule is Cc1cc(Cl)ccc1NC(=O)N1CCN(Cc2ccccc2)CC1. The predicted octanol–water partition coefficient (Wildman–Crippen LogP) is 4.00. The van der Waals surface area contributed by atoms with E-state index >= 15 is 0 Å². The van der Waals surface area contributed by atoms with Crippen molar-refractivity contribution in [1.82, 2.24) is 9.80 Å². The van der Waals surface area contributed by atoms with Crippen molar-refractivity contribution in [3.8, 4) is 0 Å². The van der Waals surface area contributed by atoms with Crippen LogP contribution in [0.1, 0.15) is 11.1 Å². The number of amides is 2. The van der Waals surface area contributed by atoms with Crippen LogP contribution in [0.2, 0.25) is 5.02 Å². The highest BCUT2D eigenvalue weighted by Crippen LogP contribution is 2.20. The topological polar surface area (TPSA) is 35.6 Å². The summed E-state index contributed by atoms with van der Waals surface area (Å²) in [6.45, 7) is 6.15. The van der Waals surface area contributed by atoms with E-state index in [9.17, 15) is 4.79 Å². The average Bonchev–Trinajstić information content (AvgIpc) is 2.59. The van der Waals surface area contributed by atoms with E-state index in [2.05, 4.69) is 34.5 Å². The van der Waals surface area contributed by atoms with Gasteiger partial charge in [0, 0.05) is 43.4 Å². The fourth-order valence-electron chi connectivity index (χ4n) is 2.91. The second kappa shape index (κ2) is 7.69. The van der Waals surface area contributed by atoms with Crippen molar-refractivity contribution in [1.29, 1.82) is 0 Å². The summed E-state index contributed by atoms with van der Waals surface area (Å²) >= 11 is 5.96. The molecule has 0 atom stereocenters. The van der Waals surface area contributed by atoms with Crippen molar-refractivity contribution in [2.75, 3.05) is 31.5 Å². The summed E-state index contributed by atoms with van der Waals surface area (Å²) in [7, 11) is 0. The molecule has 5 heteroatoms. The maximum absolute atomic E-state index is 12.4. The van der Waals surface area contributed by atoms with Gasteiger partial charge in [-0.3, -0.25) is 4.90 Å². The van der Waals surface area contributed by atoms with Crippen molar-refractivity contribution in [3.63, 3.8) is 0 Å². The first-order valence-electron chi connectivity index (χ1n) is 8.20. The number of nitrogens with zero attached hydrogens (tertiary/aromatic N) is 2. The van der Waals surface area contributed by atoms with E-state index in [-0.39, 0.29) is 6.03 Å². The minimum atomic E-state index is -0.0419. The summed E-state index contributed by atoms with van der Waals surface area (Å²) in [5.74, 6) is 0. The minimum absolute atomic E-state index is 0.0419. The number of anilines is 1. The van der Waals surface area contributed by atoms with Crippen molar-refractivity contribution in [2.45, 2.75) is 13.5 Å². The first-order valence-corrected chi connectivity index (χ1v) is 8.58. The molecule has 2 amide bonds. The molecule has 3 rings (SSSR count). The van der Waals surface area contributed by atoms with Gasteiger partial charge in [0.2, 0.25) is 0 Å². The van der Waals surface area contributed by atoms with Gasteiger partial charge in [0.15, 0.2) is 0 Å². The summed E-state index contributed by atoms with van der Waals surface area (Å²) in [5.41, 5.74) is 3.10. The molecule has 24 heavy (non-hydrogen) atoms. The van der Waals surface area contributed by atoms with Gasteiger partial charge in [-0.1, -0.05) is 41.9 Å². The minimum Gasteiger partial charge on any atom is -0.322 e. The Hall–Kier alpha value is -2.04.